The largest absolute Gasteiger partial charge is 0.445 e. The van der Waals surface area contributed by atoms with Crippen LogP contribution in [-0.4, -0.2) is 24.6 Å². The number of primary amides is 1. The molecule has 62 valence electrons. The maximum atomic E-state index is 10.6. The lowest BCUT2D eigenvalue weighted by Crippen LogP contribution is -2.41. The van der Waals surface area contributed by atoms with Gasteiger partial charge >= 0.3 is 6.09 Å². The fourth-order valence-corrected chi connectivity index (χ4v) is 0.975. The van der Waals surface area contributed by atoms with Crippen LogP contribution in [0.5, 0.6) is 0 Å². The molecule has 0 bridgehead atoms. The van der Waals surface area contributed by atoms with E-state index in [9.17, 15) is 9.59 Å². The van der Waals surface area contributed by atoms with Crippen LogP contribution in [0.4, 0.5) is 4.79 Å². The molecule has 1 aliphatic heterocycles. The van der Waals surface area contributed by atoms with Gasteiger partial charge in [-0.2, -0.15) is 0 Å². The van der Waals surface area contributed by atoms with Crippen LogP contribution in [0.2, 0.25) is 0 Å². The number of nitrogens with two attached hydrogens (primary N) is 1. The summed E-state index contributed by atoms with van der Waals surface area (Å²) in [5.74, 6) is -0.00526. The lowest BCUT2D eigenvalue weighted by molar-refractivity contribution is -0.124. The Balaban J connectivity index is 2.28. The molecule has 5 nitrogen and oxygen atoms in total. The third kappa shape index (κ3) is 2.45. The highest BCUT2D eigenvalue weighted by Gasteiger charge is 2.19. The molecule has 1 fully saturated rings. The number of hydrogen-bond donors (Lipinski definition) is 2. The molecule has 1 atom stereocenters. The molecule has 11 heavy (non-hydrogen) atoms. The number of amides is 2. The van der Waals surface area contributed by atoms with E-state index >= 15 is 0 Å². The number of hydrogen-bond acceptors (Lipinski definition) is 3. The normalized spacial score (nSPS) is 24.0. The Morgan fingerprint density at radius 1 is 1.73 bits per heavy atom. The Bertz CT molecular complexity index is 171. The summed E-state index contributed by atoms with van der Waals surface area (Å²) in [6, 6.07) is 0. The SMILES string of the molecule is NC(=O)O[C@H]1CCC(=O)NC1. The van der Waals surface area contributed by atoms with Crippen molar-refractivity contribution in [1.29, 1.82) is 0 Å². The summed E-state index contributed by atoms with van der Waals surface area (Å²) in [5, 5.41) is 2.57. The van der Waals surface area contributed by atoms with E-state index in [0.717, 1.165) is 0 Å². The second-order valence-electron chi connectivity index (χ2n) is 2.40. The average molecular weight is 158 g/mol. The van der Waals surface area contributed by atoms with E-state index in [1.807, 2.05) is 0 Å². The summed E-state index contributed by atoms with van der Waals surface area (Å²) >= 11 is 0. The van der Waals surface area contributed by atoms with Gasteiger partial charge in [-0.25, -0.2) is 4.79 Å². The molecule has 5 heteroatoms. The molecule has 1 rings (SSSR count). The smallest absolute Gasteiger partial charge is 0.404 e. The van der Waals surface area contributed by atoms with Gasteiger partial charge in [0.2, 0.25) is 5.91 Å². The standard InChI is InChI=1S/C6H10N2O3/c7-6(10)11-4-1-2-5(9)8-3-4/h4H,1-3H2,(H2,7,10)(H,8,9)/t4-/m0/s1. The fourth-order valence-electron chi connectivity index (χ4n) is 0.975. The zero-order chi connectivity index (χ0) is 8.27. The number of carbonyl (C=O) groups is 2. The maximum Gasteiger partial charge on any atom is 0.404 e. The zero-order valence-electron chi connectivity index (χ0n) is 6.00. The minimum atomic E-state index is -0.786. The summed E-state index contributed by atoms with van der Waals surface area (Å²) in [6.07, 6.45) is -0.0662. The van der Waals surface area contributed by atoms with E-state index in [-0.39, 0.29) is 12.0 Å². The molecule has 0 aliphatic carbocycles. The number of carbonyl (C=O) groups excluding carboxylic acids is 2. The van der Waals surface area contributed by atoms with Gasteiger partial charge in [0.25, 0.3) is 0 Å². The molecule has 1 heterocycles. The molecule has 1 saturated heterocycles. The Morgan fingerprint density at radius 3 is 2.91 bits per heavy atom. The molecular formula is C6H10N2O3. The maximum absolute atomic E-state index is 10.6. The molecule has 0 aromatic rings. The molecule has 0 spiro atoms. The van der Waals surface area contributed by atoms with Crippen LogP contribution >= 0.6 is 0 Å². The summed E-state index contributed by atoms with van der Waals surface area (Å²) in [4.78, 5) is 20.8. The van der Waals surface area contributed by atoms with Crippen molar-refractivity contribution in [3.8, 4) is 0 Å². The highest BCUT2D eigenvalue weighted by Crippen LogP contribution is 2.06. The lowest BCUT2D eigenvalue weighted by atomic mass is 10.1. The minimum absolute atomic E-state index is 0.00526. The second-order valence-corrected chi connectivity index (χ2v) is 2.40. The topological polar surface area (TPSA) is 81.4 Å². The third-order valence-electron chi connectivity index (χ3n) is 1.50. The highest BCUT2D eigenvalue weighted by molar-refractivity contribution is 5.76. The van der Waals surface area contributed by atoms with Crippen molar-refractivity contribution < 1.29 is 14.3 Å². The van der Waals surface area contributed by atoms with Crippen LogP contribution < -0.4 is 11.1 Å². The summed E-state index contributed by atoms with van der Waals surface area (Å²) in [6.45, 7) is 0.377. The van der Waals surface area contributed by atoms with E-state index in [0.29, 0.717) is 19.4 Å². The van der Waals surface area contributed by atoms with Crippen molar-refractivity contribution in [1.82, 2.24) is 5.32 Å². The van der Waals surface area contributed by atoms with Gasteiger partial charge in [-0.05, 0) is 6.42 Å². The van der Waals surface area contributed by atoms with Crippen molar-refractivity contribution in [2.24, 2.45) is 5.73 Å². The molecular weight excluding hydrogens is 148 g/mol. The average Bonchev–Trinajstić information content (AvgIpc) is 1.93. The van der Waals surface area contributed by atoms with Crippen LogP contribution in [0.1, 0.15) is 12.8 Å². The molecule has 2 amide bonds. The first-order chi connectivity index (χ1) is 5.18. The quantitative estimate of drug-likeness (QED) is 0.532. The van der Waals surface area contributed by atoms with Crippen LogP contribution in [0.25, 0.3) is 0 Å². The lowest BCUT2D eigenvalue weighted by Gasteiger charge is -2.21. The predicted molar refractivity (Wildman–Crippen MR) is 36.7 cm³/mol. The molecule has 0 unspecified atom stereocenters. The molecule has 0 saturated carbocycles. The minimum Gasteiger partial charge on any atom is -0.445 e. The van der Waals surface area contributed by atoms with Gasteiger partial charge in [0, 0.05) is 6.42 Å². The van der Waals surface area contributed by atoms with E-state index in [1.165, 1.54) is 0 Å². The number of nitrogens with one attached hydrogen (secondary N) is 1. The van der Waals surface area contributed by atoms with E-state index in [4.69, 9.17) is 5.73 Å². The first-order valence-electron chi connectivity index (χ1n) is 3.41. The van der Waals surface area contributed by atoms with Gasteiger partial charge in [0.05, 0.1) is 6.54 Å². The Morgan fingerprint density at radius 2 is 2.45 bits per heavy atom. The van der Waals surface area contributed by atoms with Gasteiger partial charge in [-0.1, -0.05) is 0 Å². The predicted octanol–water partition coefficient (Wildman–Crippen LogP) is -0.640. The Hall–Kier alpha value is -1.26. The Labute approximate surface area is 63.9 Å². The molecule has 0 radical (unpaired) electrons. The van der Waals surface area contributed by atoms with Gasteiger partial charge in [-0.15, -0.1) is 0 Å². The molecule has 3 N–H and O–H groups in total. The molecule has 1 aliphatic rings. The number of ether oxygens (including phenoxy) is 1. The van der Waals surface area contributed by atoms with E-state index < -0.39 is 6.09 Å². The van der Waals surface area contributed by atoms with Crippen molar-refractivity contribution in [3.05, 3.63) is 0 Å². The highest BCUT2D eigenvalue weighted by atomic mass is 16.6. The van der Waals surface area contributed by atoms with Crippen molar-refractivity contribution in [2.75, 3.05) is 6.54 Å². The van der Waals surface area contributed by atoms with Gasteiger partial charge < -0.3 is 15.8 Å². The van der Waals surface area contributed by atoms with E-state index in [2.05, 4.69) is 10.1 Å². The number of piperidine rings is 1. The van der Waals surface area contributed by atoms with Gasteiger partial charge in [0.1, 0.15) is 6.10 Å². The second kappa shape index (κ2) is 3.23. The van der Waals surface area contributed by atoms with Crippen molar-refractivity contribution in [2.45, 2.75) is 18.9 Å². The first-order valence-corrected chi connectivity index (χ1v) is 3.41. The molecule has 0 aromatic heterocycles. The zero-order valence-corrected chi connectivity index (χ0v) is 6.00. The summed E-state index contributed by atoms with van der Waals surface area (Å²) < 4.78 is 4.66. The first kappa shape index (κ1) is 7.84. The van der Waals surface area contributed by atoms with Crippen molar-refractivity contribution in [3.63, 3.8) is 0 Å². The fraction of sp³-hybridized carbons (Fsp3) is 0.667. The monoisotopic (exact) mass is 158 g/mol. The van der Waals surface area contributed by atoms with Gasteiger partial charge in [-0.3, -0.25) is 4.79 Å². The Kier molecular flexibility index (Phi) is 2.30. The van der Waals surface area contributed by atoms with Crippen LogP contribution in [0, 0.1) is 0 Å². The van der Waals surface area contributed by atoms with Crippen molar-refractivity contribution >= 4 is 12.0 Å². The van der Waals surface area contributed by atoms with Crippen LogP contribution in [0.15, 0.2) is 0 Å². The third-order valence-corrected chi connectivity index (χ3v) is 1.50. The number of rotatable bonds is 1. The van der Waals surface area contributed by atoms with E-state index in [1.54, 1.807) is 0 Å². The van der Waals surface area contributed by atoms with Crippen LogP contribution in [-0.2, 0) is 9.53 Å². The molecule has 0 aromatic carbocycles. The summed E-state index contributed by atoms with van der Waals surface area (Å²) in [7, 11) is 0. The summed E-state index contributed by atoms with van der Waals surface area (Å²) in [5.41, 5.74) is 4.78. The van der Waals surface area contributed by atoms with Gasteiger partial charge in [0.15, 0.2) is 0 Å². The van der Waals surface area contributed by atoms with Crippen LogP contribution in [0.3, 0.4) is 0 Å².